The van der Waals surface area contributed by atoms with Gasteiger partial charge in [-0.3, -0.25) is 9.59 Å². The maximum atomic E-state index is 12.5. The number of hydrogen-bond acceptors (Lipinski definition) is 5. The van der Waals surface area contributed by atoms with Crippen molar-refractivity contribution in [1.82, 2.24) is 5.32 Å². The van der Waals surface area contributed by atoms with Crippen molar-refractivity contribution in [3.8, 4) is 17.2 Å². The number of fused-ring (bicyclic) bond motifs is 1. The topological polar surface area (TPSA) is 85.9 Å². The Morgan fingerprint density at radius 2 is 1.89 bits per heavy atom. The quantitative estimate of drug-likeness (QED) is 0.766. The summed E-state index contributed by atoms with van der Waals surface area (Å²) >= 11 is 0. The van der Waals surface area contributed by atoms with Crippen LogP contribution in [-0.4, -0.2) is 24.6 Å². The fourth-order valence-corrected chi connectivity index (χ4v) is 2.85. The molecule has 1 heterocycles. The van der Waals surface area contributed by atoms with Crippen LogP contribution in [0.1, 0.15) is 26.3 Å². The molecule has 0 radical (unpaired) electrons. The lowest BCUT2D eigenvalue weighted by Crippen LogP contribution is -2.46. The van der Waals surface area contributed by atoms with Crippen molar-refractivity contribution in [2.24, 2.45) is 5.92 Å². The molecule has 0 saturated carbocycles. The molecule has 3 rings (SSSR count). The molecule has 0 spiro atoms. The van der Waals surface area contributed by atoms with Crippen molar-refractivity contribution in [1.29, 1.82) is 0 Å². The van der Waals surface area contributed by atoms with E-state index in [0.29, 0.717) is 29.5 Å². The Morgan fingerprint density at radius 3 is 2.64 bits per heavy atom. The highest BCUT2D eigenvalue weighted by Gasteiger charge is 2.23. The van der Waals surface area contributed by atoms with Gasteiger partial charge >= 0.3 is 0 Å². The van der Waals surface area contributed by atoms with Crippen LogP contribution in [0.3, 0.4) is 0 Å². The van der Waals surface area contributed by atoms with Crippen LogP contribution in [-0.2, 0) is 16.2 Å². The van der Waals surface area contributed by atoms with Crippen LogP contribution in [0, 0.1) is 5.92 Å². The van der Waals surface area contributed by atoms with Crippen molar-refractivity contribution in [3.05, 3.63) is 48.0 Å². The van der Waals surface area contributed by atoms with E-state index in [1.54, 1.807) is 12.1 Å². The molecule has 1 aliphatic heterocycles. The molecule has 0 saturated heterocycles. The lowest BCUT2D eigenvalue weighted by molar-refractivity contribution is -0.126. The molecular formula is C21H24N2O5. The smallest absolute Gasteiger partial charge is 0.247 e. The Morgan fingerprint density at radius 1 is 1.11 bits per heavy atom. The minimum atomic E-state index is -0.592. The molecule has 0 bridgehead atoms. The lowest BCUT2D eigenvalue weighted by Gasteiger charge is -2.21. The second kappa shape index (κ2) is 8.65. The number of anilines is 1. The van der Waals surface area contributed by atoms with E-state index in [4.69, 9.17) is 14.2 Å². The molecule has 7 nitrogen and oxygen atoms in total. The fourth-order valence-electron chi connectivity index (χ4n) is 2.85. The van der Waals surface area contributed by atoms with E-state index >= 15 is 0 Å². The van der Waals surface area contributed by atoms with Gasteiger partial charge in [-0.2, -0.15) is 0 Å². The summed E-state index contributed by atoms with van der Waals surface area (Å²) in [4.78, 5) is 23.8. The largest absolute Gasteiger partial charge is 0.489 e. The van der Waals surface area contributed by atoms with Crippen molar-refractivity contribution < 1.29 is 23.8 Å². The summed E-state index contributed by atoms with van der Waals surface area (Å²) in [6.07, 6.45) is 0. The summed E-state index contributed by atoms with van der Waals surface area (Å²) in [5.74, 6) is 1.52. The van der Waals surface area contributed by atoms with Gasteiger partial charge in [0.05, 0.1) is 0 Å². The van der Waals surface area contributed by atoms with E-state index in [0.717, 1.165) is 5.56 Å². The highest BCUT2D eigenvalue weighted by Crippen LogP contribution is 2.35. The Hall–Kier alpha value is -3.22. The fraction of sp³-hybridized carbons (Fsp3) is 0.333. The average Bonchev–Trinajstić information content (AvgIpc) is 3.12. The van der Waals surface area contributed by atoms with Crippen molar-refractivity contribution >= 4 is 17.5 Å². The third-order valence-electron chi connectivity index (χ3n) is 4.25. The SMILES string of the molecule is CC(=O)N[C@@H](C(=O)Nc1cccc(COc2ccc3c(c2)OCO3)c1)C(C)C. The summed E-state index contributed by atoms with van der Waals surface area (Å²) < 4.78 is 16.4. The van der Waals surface area contributed by atoms with Gasteiger partial charge in [0.2, 0.25) is 18.6 Å². The monoisotopic (exact) mass is 384 g/mol. The molecule has 2 aromatic rings. The van der Waals surface area contributed by atoms with E-state index in [1.165, 1.54) is 6.92 Å². The number of rotatable bonds is 7. The number of nitrogens with one attached hydrogen (secondary N) is 2. The van der Waals surface area contributed by atoms with Crippen molar-refractivity contribution in [2.45, 2.75) is 33.4 Å². The van der Waals surface area contributed by atoms with Gasteiger partial charge in [0.1, 0.15) is 18.4 Å². The first-order valence-corrected chi connectivity index (χ1v) is 9.11. The van der Waals surface area contributed by atoms with E-state index in [9.17, 15) is 9.59 Å². The molecule has 1 atom stereocenters. The molecule has 7 heteroatoms. The van der Waals surface area contributed by atoms with Gasteiger partial charge in [0.25, 0.3) is 0 Å². The van der Waals surface area contributed by atoms with Gasteiger partial charge < -0.3 is 24.8 Å². The summed E-state index contributed by atoms with van der Waals surface area (Å²) in [7, 11) is 0. The second-order valence-corrected chi connectivity index (χ2v) is 6.92. The Bertz CT molecular complexity index is 866. The van der Waals surface area contributed by atoms with Gasteiger partial charge in [-0.1, -0.05) is 26.0 Å². The first-order chi connectivity index (χ1) is 13.4. The highest BCUT2D eigenvalue weighted by molar-refractivity contribution is 5.97. The lowest BCUT2D eigenvalue weighted by atomic mass is 10.0. The van der Waals surface area contributed by atoms with Crippen LogP contribution in [0.4, 0.5) is 5.69 Å². The predicted molar refractivity (Wildman–Crippen MR) is 104 cm³/mol. The number of benzene rings is 2. The third kappa shape index (κ3) is 4.94. The Kier molecular flexibility index (Phi) is 6.03. The molecule has 2 aromatic carbocycles. The molecule has 0 unspecified atom stereocenters. The van der Waals surface area contributed by atoms with E-state index in [-0.39, 0.29) is 24.5 Å². The molecule has 2 amide bonds. The minimum absolute atomic E-state index is 0.0265. The summed E-state index contributed by atoms with van der Waals surface area (Å²) in [5.41, 5.74) is 1.55. The normalized spacial score (nSPS) is 13.1. The molecule has 148 valence electrons. The van der Waals surface area contributed by atoms with Crippen molar-refractivity contribution in [2.75, 3.05) is 12.1 Å². The Labute approximate surface area is 164 Å². The zero-order chi connectivity index (χ0) is 20.1. The van der Waals surface area contributed by atoms with Crippen LogP contribution in [0.25, 0.3) is 0 Å². The summed E-state index contributed by atoms with van der Waals surface area (Å²) in [6, 6.07) is 12.2. The number of carbonyl (C=O) groups is 2. The van der Waals surface area contributed by atoms with Gasteiger partial charge in [-0.25, -0.2) is 0 Å². The first kappa shape index (κ1) is 19.5. The second-order valence-electron chi connectivity index (χ2n) is 6.92. The molecule has 2 N–H and O–H groups in total. The predicted octanol–water partition coefficient (Wildman–Crippen LogP) is 3.09. The molecule has 28 heavy (non-hydrogen) atoms. The van der Waals surface area contributed by atoms with Crippen LogP contribution >= 0.6 is 0 Å². The van der Waals surface area contributed by atoms with Crippen molar-refractivity contribution in [3.63, 3.8) is 0 Å². The van der Waals surface area contributed by atoms with Crippen LogP contribution < -0.4 is 24.8 Å². The van der Waals surface area contributed by atoms with Crippen LogP contribution in [0.5, 0.6) is 17.2 Å². The molecular weight excluding hydrogens is 360 g/mol. The summed E-state index contributed by atoms with van der Waals surface area (Å²) in [5, 5.41) is 5.54. The van der Waals surface area contributed by atoms with Gasteiger partial charge in [0, 0.05) is 18.7 Å². The molecule has 0 fully saturated rings. The van der Waals surface area contributed by atoms with Crippen LogP contribution in [0.2, 0.25) is 0 Å². The van der Waals surface area contributed by atoms with E-state index < -0.39 is 6.04 Å². The molecule has 0 aromatic heterocycles. The standard InChI is InChI=1S/C21H24N2O5/c1-13(2)20(22-14(3)24)21(25)23-16-6-4-5-15(9-16)11-26-17-7-8-18-19(10-17)28-12-27-18/h4-10,13,20H,11-12H2,1-3H3,(H,22,24)(H,23,25)/t20-/m1/s1. The zero-order valence-corrected chi connectivity index (χ0v) is 16.2. The number of ether oxygens (including phenoxy) is 3. The minimum Gasteiger partial charge on any atom is -0.489 e. The van der Waals surface area contributed by atoms with Gasteiger partial charge in [-0.15, -0.1) is 0 Å². The van der Waals surface area contributed by atoms with Gasteiger partial charge in [0.15, 0.2) is 11.5 Å². The van der Waals surface area contributed by atoms with E-state index in [1.807, 2.05) is 44.2 Å². The Balaban J connectivity index is 1.62. The highest BCUT2D eigenvalue weighted by atomic mass is 16.7. The molecule has 0 aliphatic carbocycles. The maximum Gasteiger partial charge on any atom is 0.247 e. The summed E-state index contributed by atoms with van der Waals surface area (Å²) in [6.45, 7) is 5.72. The average molecular weight is 384 g/mol. The van der Waals surface area contributed by atoms with Crippen LogP contribution in [0.15, 0.2) is 42.5 Å². The maximum absolute atomic E-state index is 12.5. The first-order valence-electron chi connectivity index (χ1n) is 9.11. The number of carbonyl (C=O) groups excluding carboxylic acids is 2. The van der Waals surface area contributed by atoms with E-state index in [2.05, 4.69) is 10.6 Å². The number of hydrogen-bond donors (Lipinski definition) is 2. The number of amides is 2. The third-order valence-corrected chi connectivity index (χ3v) is 4.25. The van der Waals surface area contributed by atoms with Gasteiger partial charge in [-0.05, 0) is 35.7 Å². The zero-order valence-electron chi connectivity index (χ0n) is 16.2. The molecule has 1 aliphatic rings.